The summed E-state index contributed by atoms with van der Waals surface area (Å²) in [5.74, 6) is -2.60. The van der Waals surface area contributed by atoms with Gasteiger partial charge < -0.3 is 24.5 Å². The number of hydrogen-bond acceptors (Lipinski definition) is 7. The Balaban J connectivity index is 1.40. The lowest BCUT2D eigenvalue weighted by molar-refractivity contribution is -0.154. The largest absolute Gasteiger partial charge is 0.395 e. The highest BCUT2D eigenvalue weighted by Crippen LogP contribution is 2.64. The lowest BCUT2D eigenvalue weighted by atomic mass is 9.64. The zero-order chi connectivity index (χ0) is 31.1. The predicted octanol–water partition coefficient (Wildman–Crippen LogP) is 2.77. The molecule has 0 saturated carbocycles. The average Bonchev–Trinajstić information content (AvgIpc) is 3.77. The van der Waals surface area contributed by atoms with E-state index in [9.17, 15) is 19.5 Å². The summed E-state index contributed by atoms with van der Waals surface area (Å²) < 4.78 is 8.55. The number of rotatable bonds is 12. The first kappa shape index (κ1) is 29.7. The molecule has 3 saturated heterocycles. The molecule has 11 heteroatoms. The summed E-state index contributed by atoms with van der Waals surface area (Å²) in [5.41, 5.74) is 0.0301. The zero-order valence-corrected chi connectivity index (χ0v) is 24.9. The fourth-order valence-electron chi connectivity index (χ4n) is 7.68. The number of carbonyl (C=O) groups excluding carboxylic acids is 3. The number of likely N-dealkylation sites (tertiary alicyclic amines) is 1. The normalized spacial score (nSPS) is 27.0. The summed E-state index contributed by atoms with van der Waals surface area (Å²) in [6.07, 6.45) is 4.77. The molecule has 2 unspecified atom stereocenters. The van der Waals surface area contributed by atoms with Gasteiger partial charge in [-0.2, -0.15) is 0 Å². The summed E-state index contributed by atoms with van der Waals surface area (Å²) in [6.45, 7) is 9.82. The number of para-hydroxylation sites is 2. The van der Waals surface area contributed by atoms with Crippen molar-refractivity contribution >= 4 is 34.4 Å². The number of aliphatic hydroxyl groups is 1. The van der Waals surface area contributed by atoms with Crippen molar-refractivity contribution in [2.75, 3.05) is 31.1 Å². The van der Waals surface area contributed by atoms with E-state index < -0.39 is 29.1 Å². The molecule has 3 aromatic rings. The van der Waals surface area contributed by atoms with Crippen molar-refractivity contribution < 1.29 is 24.2 Å². The lowest BCUT2D eigenvalue weighted by Crippen LogP contribution is -2.57. The second kappa shape index (κ2) is 11.6. The summed E-state index contributed by atoms with van der Waals surface area (Å²) in [7, 11) is 0. The molecule has 3 aliphatic rings. The number of benzene rings is 2. The highest BCUT2D eigenvalue weighted by Gasteiger charge is 2.79. The minimum absolute atomic E-state index is 0.0554. The number of amides is 3. The van der Waals surface area contributed by atoms with Crippen LogP contribution in [0, 0.1) is 11.8 Å². The minimum Gasteiger partial charge on any atom is -0.395 e. The van der Waals surface area contributed by atoms with Gasteiger partial charge in [-0.05, 0) is 43.5 Å². The van der Waals surface area contributed by atoms with Gasteiger partial charge in [0.25, 0.3) is 0 Å². The maximum Gasteiger partial charge on any atom is 0.250 e. The molecule has 3 fully saturated rings. The number of fused-ring (bicyclic) bond motifs is 2. The van der Waals surface area contributed by atoms with Crippen LogP contribution in [0.2, 0.25) is 0 Å². The molecule has 2 bridgehead atoms. The fourth-order valence-corrected chi connectivity index (χ4v) is 7.68. The molecule has 1 spiro atoms. The molecule has 3 amide bonds. The number of nitrogens with zero attached hydrogens (tertiary/aromatic N) is 6. The molecule has 6 rings (SSSR count). The van der Waals surface area contributed by atoms with E-state index >= 15 is 0 Å². The molecule has 3 aliphatic heterocycles. The van der Waals surface area contributed by atoms with Crippen LogP contribution in [0.25, 0.3) is 11.0 Å². The van der Waals surface area contributed by atoms with Crippen LogP contribution in [-0.4, -0.2) is 91.1 Å². The predicted molar refractivity (Wildman–Crippen MR) is 164 cm³/mol. The standard InChI is InChI=1S/C33H38N6O5/c1-4-18-36(22-39-25-15-11-10-14-24(25)34-35-39)31(43)28-33-17-16-32(6-3,44-33)26(27(33)30(42)38(28)20-21-40)29(41)37(19-5-2)23-12-8-7-9-13-23/h4-5,7-15,26-28,40H,1-2,6,16-22H2,3H3/t26-,27-,28?,32+,33?/m0/s1. The molecular weight excluding hydrogens is 560 g/mol. The van der Waals surface area contributed by atoms with Crippen LogP contribution in [0.15, 0.2) is 79.9 Å². The summed E-state index contributed by atoms with van der Waals surface area (Å²) in [6, 6.07) is 15.7. The molecule has 5 atom stereocenters. The third-order valence-electron chi connectivity index (χ3n) is 9.55. The first-order valence-electron chi connectivity index (χ1n) is 15.1. The number of aromatic nitrogens is 3. The zero-order valence-electron chi connectivity index (χ0n) is 24.9. The smallest absolute Gasteiger partial charge is 0.250 e. The maximum atomic E-state index is 14.6. The Bertz CT molecular complexity index is 1590. The summed E-state index contributed by atoms with van der Waals surface area (Å²) in [5, 5.41) is 18.5. The molecule has 11 nitrogen and oxygen atoms in total. The van der Waals surface area contributed by atoms with Crippen molar-refractivity contribution in [2.24, 2.45) is 11.8 Å². The Hall–Kier alpha value is -4.35. The van der Waals surface area contributed by atoms with Gasteiger partial charge in [0, 0.05) is 25.3 Å². The SMILES string of the molecule is C=CCN(Cn1nnc2ccccc21)C(=O)C1N(CCO)C(=O)[C@@H]2[C@@H](C(=O)N(CC=C)c3ccccc3)[C@@]3(CC)CCC12O3. The Morgan fingerprint density at radius 3 is 2.50 bits per heavy atom. The lowest BCUT2D eigenvalue weighted by Gasteiger charge is -2.37. The molecule has 230 valence electrons. The van der Waals surface area contributed by atoms with Crippen molar-refractivity contribution in [1.29, 1.82) is 0 Å². The van der Waals surface area contributed by atoms with Gasteiger partial charge in [0.1, 0.15) is 23.8 Å². The molecule has 1 N–H and O–H groups in total. The summed E-state index contributed by atoms with van der Waals surface area (Å²) in [4.78, 5) is 48.2. The molecular formula is C33H38N6O5. The Morgan fingerprint density at radius 2 is 1.80 bits per heavy atom. The van der Waals surface area contributed by atoms with Crippen molar-refractivity contribution in [3.63, 3.8) is 0 Å². The van der Waals surface area contributed by atoms with Crippen molar-refractivity contribution in [3.8, 4) is 0 Å². The van der Waals surface area contributed by atoms with Gasteiger partial charge in [-0.15, -0.1) is 18.3 Å². The van der Waals surface area contributed by atoms with Crippen LogP contribution in [-0.2, 0) is 25.8 Å². The second-order valence-electron chi connectivity index (χ2n) is 11.7. The topological polar surface area (TPSA) is 121 Å². The van der Waals surface area contributed by atoms with E-state index in [4.69, 9.17) is 4.74 Å². The van der Waals surface area contributed by atoms with Crippen LogP contribution in [0.3, 0.4) is 0 Å². The van der Waals surface area contributed by atoms with Gasteiger partial charge in [-0.3, -0.25) is 14.4 Å². The van der Waals surface area contributed by atoms with E-state index in [-0.39, 0.29) is 50.6 Å². The fraction of sp³-hybridized carbons (Fsp3) is 0.424. The Kier molecular flexibility index (Phi) is 7.85. The van der Waals surface area contributed by atoms with Crippen LogP contribution in [0.1, 0.15) is 26.2 Å². The number of β-amino-alcohol motifs (C(OH)–C–C–N with tert-alkyl or cyclic N) is 1. The first-order valence-corrected chi connectivity index (χ1v) is 15.1. The monoisotopic (exact) mass is 598 g/mol. The molecule has 0 aliphatic carbocycles. The molecule has 2 aromatic carbocycles. The van der Waals surface area contributed by atoms with E-state index in [1.54, 1.807) is 26.6 Å². The van der Waals surface area contributed by atoms with Crippen LogP contribution < -0.4 is 4.90 Å². The van der Waals surface area contributed by atoms with E-state index in [0.717, 1.165) is 5.52 Å². The maximum absolute atomic E-state index is 14.6. The molecule has 1 aromatic heterocycles. The van der Waals surface area contributed by atoms with Gasteiger partial charge >= 0.3 is 0 Å². The summed E-state index contributed by atoms with van der Waals surface area (Å²) >= 11 is 0. The van der Waals surface area contributed by atoms with Crippen LogP contribution >= 0.6 is 0 Å². The number of ether oxygens (including phenoxy) is 1. The highest BCUT2D eigenvalue weighted by molar-refractivity contribution is 6.03. The highest BCUT2D eigenvalue weighted by atomic mass is 16.5. The number of hydrogen-bond donors (Lipinski definition) is 1. The Morgan fingerprint density at radius 1 is 1.07 bits per heavy atom. The molecule has 4 heterocycles. The van der Waals surface area contributed by atoms with Gasteiger partial charge in [0.05, 0.1) is 29.6 Å². The van der Waals surface area contributed by atoms with Crippen LogP contribution in [0.4, 0.5) is 5.69 Å². The van der Waals surface area contributed by atoms with E-state index in [1.165, 1.54) is 4.90 Å². The number of anilines is 1. The number of carbonyl (C=O) groups is 3. The third kappa shape index (κ3) is 4.45. The van der Waals surface area contributed by atoms with E-state index in [1.807, 2.05) is 61.5 Å². The van der Waals surface area contributed by atoms with Gasteiger partial charge in [0.15, 0.2) is 0 Å². The second-order valence-corrected chi connectivity index (χ2v) is 11.7. The van der Waals surface area contributed by atoms with Gasteiger partial charge in [-0.25, -0.2) is 4.68 Å². The minimum atomic E-state index is -1.22. The van der Waals surface area contributed by atoms with E-state index in [0.29, 0.717) is 30.5 Å². The quantitative estimate of drug-likeness (QED) is 0.318. The average molecular weight is 599 g/mol. The van der Waals surface area contributed by atoms with Crippen molar-refractivity contribution in [1.82, 2.24) is 24.8 Å². The molecule has 0 radical (unpaired) electrons. The van der Waals surface area contributed by atoms with E-state index in [2.05, 4.69) is 23.5 Å². The molecule has 44 heavy (non-hydrogen) atoms. The van der Waals surface area contributed by atoms with Crippen LogP contribution in [0.5, 0.6) is 0 Å². The first-order chi connectivity index (χ1) is 21.4. The third-order valence-corrected chi connectivity index (χ3v) is 9.55. The van der Waals surface area contributed by atoms with Crippen molar-refractivity contribution in [3.05, 3.63) is 79.9 Å². The van der Waals surface area contributed by atoms with Gasteiger partial charge in [-0.1, -0.05) is 54.6 Å². The van der Waals surface area contributed by atoms with Gasteiger partial charge in [0.2, 0.25) is 17.7 Å². The van der Waals surface area contributed by atoms with Crippen molar-refractivity contribution in [2.45, 2.75) is 50.1 Å². The Labute approximate surface area is 256 Å². The number of aliphatic hydroxyl groups excluding tert-OH is 1.